The number of fused-ring (bicyclic) bond motifs is 1. The average molecular weight is 428 g/mol. The highest BCUT2D eigenvalue weighted by Gasteiger charge is 2.32. The van der Waals surface area contributed by atoms with Gasteiger partial charge < -0.3 is 9.88 Å². The van der Waals surface area contributed by atoms with E-state index in [0.29, 0.717) is 5.56 Å². The number of alkyl halides is 3. The second kappa shape index (κ2) is 8.77. The van der Waals surface area contributed by atoms with E-state index in [0.717, 1.165) is 48.2 Å². The molecule has 2 aromatic carbocycles. The first-order chi connectivity index (χ1) is 14.8. The van der Waals surface area contributed by atoms with Gasteiger partial charge in [0.15, 0.2) is 0 Å². The Balaban J connectivity index is 1.71. The van der Waals surface area contributed by atoms with Gasteiger partial charge in [0.25, 0.3) is 0 Å². The third-order valence-corrected chi connectivity index (χ3v) is 6.28. The van der Waals surface area contributed by atoms with Gasteiger partial charge in [0, 0.05) is 42.5 Å². The van der Waals surface area contributed by atoms with Gasteiger partial charge in [0.2, 0.25) is 5.91 Å². The summed E-state index contributed by atoms with van der Waals surface area (Å²) in [5.41, 5.74) is 1.67. The fourth-order valence-electron chi connectivity index (χ4n) is 4.71. The molecule has 1 N–H and O–H groups in total. The Hall–Kier alpha value is -2.76. The molecule has 1 amide bonds. The van der Waals surface area contributed by atoms with Crippen molar-refractivity contribution in [1.29, 1.82) is 0 Å². The second-order valence-electron chi connectivity index (χ2n) is 8.49. The molecule has 1 aromatic heterocycles. The van der Waals surface area contributed by atoms with Crippen molar-refractivity contribution in [1.82, 2.24) is 9.88 Å². The van der Waals surface area contributed by atoms with E-state index in [1.54, 1.807) is 6.07 Å². The van der Waals surface area contributed by atoms with Crippen molar-refractivity contribution >= 4 is 16.8 Å². The molecule has 31 heavy (non-hydrogen) atoms. The van der Waals surface area contributed by atoms with Crippen LogP contribution in [0.25, 0.3) is 10.9 Å². The van der Waals surface area contributed by atoms with Crippen LogP contribution in [0.3, 0.4) is 0 Å². The van der Waals surface area contributed by atoms with Gasteiger partial charge in [-0.15, -0.1) is 0 Å². The molecule has 1 fully saturated rings. The molecule has 0 saturated heterocycles. The fraction of sp³-hybridized carbons (Fsp3) is 0.400. The molecular formula is C25H27F3N2O. The zero-order chi connectivity index (χ0) is 22.0. The van der Waals surface area contributed by atoms with Crippen LogP contribution in [0.1, 0.15) is 61.1 Å². The first-order valence-electron chi connectivity index (χ1n) is 10.8. The molecule has 0 radical (unpaired) electrons. The maximum absolute atomic E-state index is 13.4. The lowest BCUT2D eigenvalue weighted by molar-refractivity contribution is -0.137. The molecular weight excluding hydrogens is 401 g/mol. The van der Waals surface area contributed by atoms with Gasteiger partial charge >= 0.3 is 6.18 Å². The lowest BCUT2D eigenvalue weighted by Crippen LogP contribution is -2.36. The molecule has 1 aliphatic carbocycles. The molecule has 3 aromatic rings. The van der Waals surface area contributed by atoms with Gasteiger partial charge in [0.1, 0.15) is 0 Å². The van der Waals surface area contributed by atoms with E-state index in [2.05, 4.69) is 5.32 Å². The minimum atomic E-state index is -4.43. The molecule has 6 heteroatoms. The van der Waals surface area contributed by atoms with Crippen molar-refractivity contribution < 1.29 is 18.0 Å². The van der Waals surface area contributed by atoms with Crippen LogP contribution in [0.5, 0.6) is 0 Å². The number of nitrogens with one attached hydrogen (secondary N) is 1. The smallest absolute Gasteiger partial charge is 0.353 e. The van der Waals surface area contributed by atoms with E-state index in [1.165, 1.54) is 18.6 Å². The molecule has 0 unspecified atom stereocenters. The van der Waals surface area contributed by atoms with Gasteiger partial charge in [-0.25, -0.2) is 0 Å². The quantitative estimate of drug-likeness (QED) is 0.518. The minimum absolute atomic E-state index is 0.109. The van der Waals surface area contributed by atoms with Crippen molar-refractivity contribution in [3.63, 3.8) is 0 Å². The van der Waals surface area contributed by atoms with Gasteiger partial charge in [0.05, 0.1) is 5.56 Å². The molecule has 4 rings (SSSR count). The van der Waals surface area contributed by atoms with E-state index < -0.39 is 17.7 Å². The van der Waals surface area contributed by atoms with Crippen LogP contribution in [0, 0.1) is 0 Å². The first-order valence-corrected chi connectivity index (χ1v) is 10.8. The molecule has 0 spiro atoms. The highest BCUT2D eigenvalue weighted by Crippen LogP contribution is 2.37. The molecule has 1 saturated carbocycles. The van der Waals surface area contributed by atoms with Crippen LogP contribution in [-0.4, -0.2) is 16.5 Å². The molecule has 0 aliphatic heterocycles. The summed E-state index contributed by atoms with van der Waals surface area (Å²) in [7, 11) is 1.91. The van der Waals surface area contributed by atoms with E-state index in [9.17, 15) is 18.0 Å². The highest BCUT2D eigenvalue weighted by molar-refractivity contribution is 5.86. The van der Waals surface area contributed by atoms with E-state index in [-0.39, 0.29) is 18.4 Å². The van der Waals surface area contributed by atoms with Crippen LogP contribution in [0.2, 0.25) is 0 Å². The van der Waals surface area contributed by atoms with Crippen molar-refractivity contribution in [3.8, 4) is 0 Å². The number of aryl methyl sites for hydroxylation is 1. The molecule has 1 heterocycles. The van der Waals surface area contributed by atoms with Crippen LogP contribution >= 0.6 is 0 Å². The lowest BCUT2D eigenvalue weighted by atomic mass is 9.86. The summed E-state index contributed by atoms with van der Waals surface area (Å²) in [6.45, 7) is 0. The topological polar surface area (TPSA) is 34.0 Å². The van der Waals surface area contributed by atoms with E-state index in [1.807, 2.05) is 42.1 Å². The summed E-state index contributed by atoms with van der Waals surface area (Å²) in [5, 5.41) is 4.08. The number of nitrogens with zero attached hydrogens (tertiary/aromatic N) is 1. The first kappa shape index (κ1) is 21.5. The Morgan fingerprint density at radius 3 is 2.58 bits per heavy atom. The van der Waals surface area contributed by atoms with Gasteiger partial charge in [-0.05, 0) is 36.1 Å². The number of carbonyl (C=O) groups excluding carboxylic acids is 1. The zero-order valence-electron chi connectivity index (χ0n) is 17.6. The molecule has 164 valence electrons. The number of amides is 1. The Morgan fingerprint density at radius 1 is 1.10 bits per heavy atom. The third-order valence-electron chi connectivity index (χ3n) is 6.28. The van der Waals surface area contributed by atoms with E-state index in [4.69, 9.17) is 0 Å². The minimum Gasteiger partial charge on any atom is -0.353 e. The number of hydrogen-bond donors (Lipinski definition) is 1. The molecule has 1 aliphatic rings. The number of halogens is 3. The van der Waals surface area contributed by atoms with Crippen LogP contribution in [-0.2, 0) is 18.0 Å². The second-order valence-corrected chi connectivity index (χ2v) is 8.49. The van der Waals surface area contributed by atoms with Crippen molar-refractivity contribution in [3.05, 3.63) is 71.4 Å². The van der Waals surface area contributed by atoms with Gasteiger partial charge in [-0.2, -0.15) is 13.2 Å². The maximum Gasteiger partial charge on any atom is 0.416 e. The number of carbonyl (C=O) groups is 1. The number of hydrogen-bond acceptors (Lipinski definition) is 1. The van der Waals surface area contributed by atoms with Gasteiger partial charge in [-0.1, -0.05) is 55.7 Å². The summed E-state index contributed by atoms with van der Waals surface area (Å²) in [5.74, 6) is -0.570. The van der Waals surface area contributed by atoms with E-state index >= 15 is 0 Å². The molecule has 0 bridgehead atoms. The summed E-state index contributed by atoms with van der Waals surface area (Å²) in [6.07, 6.45) is 2.95. The monoisotopic (exact) mass is 428 g/mol. The summed E-state index contributed by atoms with van der Waals surface area (Å²) < 4.78 is 42.1. The number of benzene rings is 2. The third kappa shape index (κ3) is 4.78. The Labute approximate surface area is 180 Å². The standard InChI is InChI=1S/C25H27F3N2O/c1-30-16-22(20-12-5-6-13-23(20)30)21(15-24(31)29-19-10-3-2-4-11-19)17-8-7-9-18(14-17)25(26,27)28/h5-9,12-14,16,19,21H,2-4,10-11,15H2,1H3,(H,29,31)/t21-/m0/s1. The zero-order valence-corrected chi connectivity index (χ0v) is 17.6. The fourth-order valence-corrected chi connectivity index (χ4v) is 4.71. The number of rotatable bonds is 5. The lowest BCUT2D eigenvalue weighted by Gasteiger charge is -2.24. The normalized spacial score (nSPS) is 16.4. The average Bonchev–Trinajstić information content (AvgIpc) is 3.09. The largest absolute Gasteiger partial charge is 0.416 e. The van der Waals surface area contributed by atoms with Crippen molar-refractivity contribution in [2.24, 2.45) is 7.05 Å². The predicted octanol–water partition coefficient (Wildman–Crippen LogP) is 6.17. The maximum atomic E-state index is 13.4. The molecule has 1 atom stereocenters. The highest BCUT2D eigenvalue weighted by atomic mass is 19.4. The predicted molar refractivity (Wildman–Crippen MR) is 116 cm³/mol. The number of para-hydroxylation sites is 1. The Morgan fingerprint density at radius 2 is 1.84 bits per heavy atom. The summed E-state index contributed by atoms with van der Waals surface area (Å²) in [4.78, 5) is 13.0. The summed E-state index contributed by atoms with van der Waals surface area (Å²) in [6, 6.07) is 13.3. The Bertz CT molecular complexity index is 1060. The summed E-state index contributed by atoms with van der Waals surface area (Å²) >= 11 is 0. The van der Waals surface area contributed by atoms with Crippen molar-refractivity contribution in [2.45, 2.75) is 56.7 Å². The van der Waals surface area contributed by atoms with Crippen LogP contribution < -0.4 is 5.32 Å². The molecule has 3 nitrogen and oxygen atoms in total. The SMILES string of the molecule is Cn1cc([C@@H](CC(=O)NC2CCCCC2)c2cccc(C(F)(F)F)c2)c2ccccc21. The Kier molecular flexibility index (Phi) is 6.08. The van der Waals surface area contributed by atoms with Crippen molar-refractivity contribution in [2.75, 3.05) is 0 Å². The van der Waals surface area contributed by atoms with Crippen LogP contribution in [0.4, 0.5) is 13.2 Å². The van der Waals surface area contributed by atoms with Crippen LogP contribution in [0.15, 0.2) is 54.7 Å². The number of aromatic nitrogens is 1. The van der Waals surface area contributed by atoms with Gasteiger partial charge in [-0.3, -0.25) is 4.79 Å².